The summed E-state index contributed by atoms with van der Waals surface area (Å²) in [5.74, 6) is 0.135. The summed E-state index contributed by atoms with van der Waals surface area (Å²) in [6, 6.07) is 0. The van der Waals surface area contributed by atoms with Crippen LogP contribution in [0.1, 0.15) is 32.1 Å². The first-order valence-corrected chi connectivity index (χ1v) is 6.32. The van der Waals surface area contributed by atoms with Crippen molar-refractivity contribution in [3.63, 3.8) is 0 Å². The number of hydrogen-bond acceptors (Lipinski definition) is 3. The van der Waals surface area contributed by atoms with Gasteiger partial charge < -0.3 is 15.2 Å². The van der Waals surface area contributed by atoms with Crippen molar-refractivity contribution in [1.29, 1.82) is 0 Å². The predicted octanol–water partition coefficient (Wildman–Crippen LogP) is 1.65. The molecule has 0 radical (unpaired) electrons. The lowest BCUT2D eigenvalue weighted by atomic mass is 9.78. The van der Waals surface area contributed by atoms with Gasteiger partial charge in [-0.3, -0.25) is 0 Å². The summed E-state index contributed by atoms with van der Waals surface area (Å²) in [4.78, 5) is 0. The van der Waals surface area contributed by atoms with Crippen LogP contribution in [0.2, 0.25) is 0 Å². The van der Waals surface area contributed by atoms with Crippen molar-refractivity contribution >= 4 is 0 Å². The highest BCUT2D eigenvalue weighted by Gasteiger charge is 2.41. The zero-order valence-electron chi connectivity index (χ0n) is 9.79. The van der Waals surface area contributed by atoms with Gasteiger partial charge in [0.2, 0.25) is 0 Å². The molecule has 2 heterocycles. The molecule has 2 fully saturated rings. The van der Waals surface area contributed by atoms with Gasteiger partial charge in [-0.1, -0.05) is 0 Å². The van der Waals surface area contributed by atoms with E-state index < -0.39 is 6.17 Å². The van der Waals surface area contributed by atoms with E-state index in [2.05, 4.69) is 0 Å². The van der Waals surface area contributed by atoms with E-state index in [9.17, 15) is 4.39 Å². The van der Waals surface area contributed by atoms with Gasteiger partial charge in [-0.05, 0) is 44.6 Å². The first-order chi connectivity index (χ1) is 7.76. The van der Waals surface area contributed by atoms with E-state index in [4.69, 9.17) is 15.2 Å². The Balaban J connectivity index is 1.92. The molecular weight excluding hydrogens is 209 g/mol. The summed E-state index contributed by atoms with van der Waals surface area (Å²) in [5, 5.41) is 0. The van der Waals surface area contributed by atoms with Gasteiger partial charge >= 0.3 is 0 Å². The van der Waals surface area contributed by atoms with Gasteiger partial charge in [0.05, 0.1) is 5.60 Å². The van der Waals surface area contributed by atoms with Crippen LogP contribution in [0.5, 0.6) is 0 Å². The summed E-state index contributed by atoms with van der Waals surface area (Å²) >= 11 is 0. The van der Waals surface area contributed by atoms with Crippen LogP contribution in [0.3, 0.4) is 0 Å². The van der Waals surface area contributed by atoms with Gasteiger partial charge in [-0.25, -0.2) is 4.39 Å². The van der Waals surface area contributed by atoms with Crippen molar-refractivity contribution in [3.05, 3.63) is 0 Å². The lowest BCUT2D eigenvalue weighted by Gasteiger charge is -2.44. The average molecular weight is 231 g/mol. The van der Waals surface area contributed by atoms with Crippen LogP contribution in [-0.4, -0.2) is 38.1 Å². The quantitative estimate of drug-likeness (QED) is 0.803. The van der Waals surface area contributed by atoms with E-state index in [1.165, 1.54) is 0 Å². The molecule has 0 aromatic carbocycles. The summed E-state index contributed by atoms with van der Waals surface area (Å²) in [6.07, 6.45) is 3.24. The molecule has 2 atom stereocenters. The van der Waals surface area contributed by atoms with Crippen LogP contribution >= 0.6 is 0 Å². The Hall–Kier alpha value is -0.190. The van der Waals surface area contributed by atoms with Crippen LogP contribution in [0.4, 0.5) is 4.39 Å². The molecule has 2 saturated heterocycles. The molecule has 16 heavy (non-hydrogen) atoms. The molecule has 0 bridgehead atoms. The minimum Gasteiger partial charge on any atom is -0.381 e. The summed E-state index contributed by atoms with van der Waals surface area (Å²) in [5.41, 5.74) is 5.32. The van der Waals surface area contributed by atoms with Crippen molar-refractivity contribution in [1.82, 2.24) is 0 Å². The number of ether oxygens (including phenoxy) is 2. The van der Waals surface area contributed by atoms with Crippen molar-refractivity contribution in [2.24, 2.45) is 11.7 Å². The van der Waals surface area contributed by atoms with Crippen LogP contribution in [0.15, 0.2) is 0 Å². The molecular formula is C12H22FNO2. The average Bonchev–Trinajstić information content (AvgIpc) is 2.30. The molecule has 0 amide bonds. The Morgan fingerprint density at radius 2 is 2.06 bits per heavy atom. The second-order valence-electron chi connectivity index (χ2n) is 4.99. The van der Waals surface area contributed by atoms with E-state index in [0.29, 0.717) is 19.6 Å². The highest BCUT2D eigenvalue weighted by molar-refractivity contribution is 4.91. The van der Waals surface area contributed by atoms with Gasteiger partial charge in [0.25, 0.3) is 0 Å². The van der Waals surface area contributed by atoms with E-state index in [0.717, 1.165) is 38.9 Å². The normalized spacial score (nSPS) is 31.5. The molecule has 1 spiro atoms. The Labute approximate surface area is 96.5 Å². The van der Waals surface area contributed by atoms with E-state index in [1.807, 2.05) is 0 Å². The number of hydrogen-bond donors (Lipinski definition) is 1. The molecule has 4 heteroatoms. The maximum atomic E-state index is 13.9. The van der Waals surface area contributed by atoms with Gasteiger partial charge in [-0.2, -0.15) is 0 Å². The Morgan fingerprint density at radius 1 is 1.31 bits per heavy atom. The van der Waals surface area contributed by atoms with Crippen LogP contribution < -0.4 is 5.73 Å². The predicted molar refractivity (Wildman–Crippen MR) is 60.0 cm³/mol. The molecule has 0 aromatic rings. The summed E-state index contributed by atoms with van der Waals surface area (Å²) in [6.45, 7) is 2.63. The molecule has 2 rings (SSSR count). The second kappa shape index (κ2) is 5.43. The lowest BCUT2D eigenvalue weighted by Crippen LogP contribution is -2.46. The second-order valence-corrected chi connectivity index (χ2v) is 4.99. The smallest absolute Gasteiger partial charge is 0.104 e. The third-order valence-corrected chi connectivity index (χ3v) is 3.89. The molecule has 2 aliphatic heterocycles. The fourth-order valence-electron chi connectivity index (χ4n) is 2.86. The van der Waals surface area contributed by atoms with Crippen molar-refractivity contribution in [3.8, 4) is 0 Å². The van der Waals surface area contributed by atoms with Crippen LogP contribution in [0.25, 0.3) is 0 Å². The van der Waals surface area contributed by atoms with E-state index in [-0.39, 0.29) is 11.5 Å². The zero-order chi connectivity index (χ0) is 11.4. The maximum Gasteiger partial charge on any atom is 0.104 e. The van der Waals surface area contributed by atoms with Gasteiger partial charge in [-0.15, -0.1) is 0 Å². The first kappa shape index (κ1) is 12.3. The minimum absolute atomic E-state index is 0.0971. The van der Waals surface area contributed by atoms with E-state index >= 15 is 0 Å². The highest BCUT2D eigenvalue weighted by atomic mass is 19.1. The molecule has 2 aliphatic rings. The molecule has 0 saturated carbocycles. The van der Waals surface area contributed by atoms with Crippen LogP contribution in [-0.2, 0) is 9.47 Å². The number of nitrogens with two attached hydrogens (primary N) is 1. The molecule has 94 valence electrons. The van der Waals surface area contributed by atoms with Crippen LogP contribution in [0, 0.1) is 5.92 Å². The fraction of sp³-hybridized carbons (Fsp3) is 1.00. The number of alkyl halides is 1. The van der Waals surface area contributed by atoms with Crippen molar-refractivity contribution in [2.75, 3.05) is 26.4 Å². The topological polar surface area (TPSA) is 44.5 Å². The fourth-order valence-corrected chi connectivity index (χ4v) is 2.86. The molecule has 2 unspecified atom stereocenters. The maximum absolute atomic E-state index is 13.9. The number of halogens is 1. The van der Waals surface area contributed by atoms with Gasteiger partial charge in [0.15, 0.2) is 0 Å². The van der Waals surface area contributed by atoms with Gasteiger partial charge in [0.1, 0.15) is 6.17 Å². The number of rotatable bonds is 3. The third-order valence-electron chi connectivity index (χ3n) is 3.89. The SMILES string of the molecule is NCCC(F)C1CCOC2(CCOCC2)C1. The Kier molecular flexibility index (Phi) is 4.16. The lowest BCUT2D eigenvalue weighted by molar-refractivity contribution is -0.154. The molecule has 0 aromatic heterocycles. The molecule has 2 N–H and O–H groups in total. The summed E-state index contributed by atoms with van der Waals surface area (Å²) in [7, 11) is 0. The molecule has 3 nitrogen and oxygen atoms in total. The Bertz CT molecular complexity index is 214. The largest absolute Gasteiger partial charge is 0.381 e. The third kappa shape index (κ3) is 2.73. The molecule has 0 aliphatic carbocycles. The summed E-state index contributed by atoms with van der Waals surface area (Å²) < 4.78 is 25.1. The van der Waals surface area contributed by atoms with E-state index in [1.54, 1.807) is 0 Å². The minimum atomic E-state index is -0.756. The Morgan fingerprint density at radius 3 is 2.75 bits per heavy atom. The first-order valence-electron chi connectivity index (χ1n) is 6.32. The monoisotopic (exact) mass is 231 g/mol. The standard InChI is InChI=1S/C12H22FNO2/c13-11(1-5-14)10-2-6-16-12(9-10)3-7-15-8-4-12/h10-11H,1-9,14H2. The van der Waals surface area contributed by atoms with Gasteiger partial charge in [0, 0.05) is 19.8 Å². The highest BCUT2D eigenvalue weighted by Crippen LogP contribution is 2.39. The van der Waals surface area contributed by atoms with Crippen molar-refractivity contribution in [2.45, 2.75) is 43.9 Å². The van der Waals surface area contributed by atoms with Crippen molar-refractivity contribution < 1.29 is 13.9 Å². The zero-order valence-corrected chi connectivity index (χ0v) is 9.79.